The van der Waals surface area contributed by atoms with Crippen molar-refractivity contribution >= 4 is 17.2 Å². The van der Waals surface area contributed by atoms with Crippen molar-refractivity contribution in [1.82, 2.24) is 14.5 Å². The van der Waals surface area contributed by atoms with Crippen LogP contribution in [-0.2, 0) is 0 Å². The fourth-order valence-electron chi connectivity index (χ4n) is 3.76. The average molecular weight is 384 g/mol. The molecule has 28 heavy (non-hydrogen) atoms. The van der Waals surface area contributed by atoms with Crippen LogP contribution in [0.5, 0.6) is 5.75 Å². The van der Waals surface area contributed by atoms with Gasteiger partial charge in [-0.3, -0.25) is 4.99 Å². The molecule has 4 rings (SSSR count). The first-order valence-electron chi connectivity index (χ1n) is 9.02. The van der Waals surface area contributed by atoms with Crippen molar-refractivity contribution in [3.05, 3.63) is 53.9 Å². The summed E-state index contributed by atoms with van der Waals surface area (Å²) < 4.78 is 21.3. The summed E-state index contributed by atoms with van der Waals surface area (Å²) in [5, 5.41) is 22.1. The molecule has 0 aliphatic heterocycles. The van der Waals surface area contributed by atoms with Gasteiger partial charge in [-0.05, 0) is 31.2 Å². The summed E-state index contributed by atoms with van der Waals surface area (Å²) in [5.41, 5.74) is 2.02. The Bertz CT molecular complexity index is 1040. The van der Waals surface area contributed by atoms with Crippen LogP contribution in [-0.4, -0.2) is 56.3 Å². The van der Waals surface area contributed by atoms with E-state index in [2.05, 4.69) is 15.0 Å². The first kappa shape index (κ1) is 18.5. The molecule has 146 valence electrons. The highest BCUT2D eigenvalue weighted by Crippen LogP contribution is 2.36. The number of hydrogen-bond donors (Lipinski definition) is 2. The van der Waals surface area contributed by atoms with Crippen LogP contribution in [0.1, 0.15) is 23.7 Å². The molecule has 2 N–H and O–H groups in total. The summed E-state index contributed by atoms with van der Waals surface area (Å²) in [6.07, 6.45) is 2.40. The van der Waals surface area contributed by atoms with Gasteiger partial charge in [0.05, 0.1) is 11.7 Å². The van der Waals surface area contributed by atoms with Crippen molar-refractivity contribution in [3.63, 3.8) is 0 Å². The SMILES string of the molecule is CN=Cc1cc(F)ccc1O[C@@H]1C[C@H](n2ccc3c(C)ncnc32)[C@@H](O)[C@H]1O. The molecule has 3 aromatic rings. The molecule has 2 heterocycles. The number of aromatic nitrogens is 3. The van der Waals surface area contributed by atoms with Crippen LogP contribution in [0.4, 0.5) is 4.39 Å². The predicted molar refractivity (Wildman–Crippen MR) is 102 cm³/mol. The summed E-state index contributed by atoms with van der Waals surface area (Å²) in [6.45, 7) is 1.89. The maximum Gasteiger partial charge on any atom is 0.143 e. The van der Waals surface area contributed by atoms with Crippen LogP contribution in [0.25, 0.3) is 11.0 Å². The molecule has 4 atom stereocenters. The Morgan fingerprint density at radius 3 is 2.86 bits per heavy atom. The second-order valence-electron chi connectivity index (χ2n) is 6.93. The summed E-state index contributed by atoms with van der Waals surface area (Å²) in [6, 6.07) is 5.59. The second kappa shape index (κ2) is 7.29. The molecule has 0 spiro atoms. The standard InChI is InChI=1S/C20H21FN4O3/c1-11-14-5-6-25(20(14)24-10-23-11)15-8-17(19(27)18(15)26)28-16-4-3-13(21)7-12(16)9-22-2/h3-7,9-10,15,17-19,26-27H,8H2,1-2H3/t15-,17+,18+,19-/m0/s1. The zero-order chi connectivity index (χ0) is 19.8. The number of aliphatic imine (C=N–C) groups is 1. The lowest BCUT2D eigenvalue weighted by atomic mass is 10.2. The largest absolute Gasteiger partial charge is 0.487 e. The fraction of sp³-hybridized carbons (Fsp3) is 0.350. The average Bonchev–Trinajstić information content (AvgIpc) is 3.21. The topological polar surface area (TPSA) is 92.8 Å². The van der Waals surface area contributed by atoms with E-state index in [9.17, 15) is 14.6 Å². The third-order valence-corrected chi connectivity index (χ3v) is 5.18. The highest BCUT2D eigenvalue weighted by Gasteiger charge is 2.44. The Morgan fingerprint density at radius 2 is 2.07 bits per heavy atom. The maximum atomic E-state index is 13.5. The van der Waals surface area contributed by atoms with Crippen LogP contribution < -0.4 is 4.74 Å². The molecule has 0 unspecified atom stereocenters. The smallest absolute Gasteiger partial charge is 0.143 e. The van der Waals surface area contributed by atoms with Crippen molar-refractivity contribution in [2.75, 3.05) is 7.05 Å². The van der Waals surface area contributed by atoms with Crippen molar-refractivity contribution in [2.45, 2.75) is 37.7 Å². The van der Waals surface area contributed by atoms with E-state index in [1.54, 1.807) is 7.05 Å². The molecule has 1 aliphatic carbocycles. The number of aliphatic hydroxyl groups is 2. The van der Waals surface area contributed by atoms with E-state index >= 15 is 0 Å². The minimum absolute atomic E-state index is 0.370. The van der Waals surface area contributed by atoms with Crippen LogP contribution in [0, 0.1) is 12.7 Å². The fourth-order valence-corrected chi connectivity index (χ4v) is 3.76. The number of nitrogens with zero attached hydrogens (tertiary/aromatic N) is 4. The minimum atomic E-state index is -1.10. The lowest BCUT2D eigenvalue weighted by Crippen LogP contribution is -2.34. The summed E-state index contributed by atoms with van der Waals surface area (Å²) in [4.78, 5) is 12.4. The molecular weight excluding hydrogens is 363 g/mol. The Morgan fingerprint density at radius 1 is 1.25 bits per heavy atom. The number of ether oxygens (including phenoxy) is 1. The molecule has 1 aromatic carbocycles. The highest BCUT2D eigenvalue weighted by molar-refractivity contribution is 5.83. The van der Waals surface area contributed by atoms with Gasteiger partial charge in [-0.15, -0.1) is 0 Å². The van der Waals surface area contributed by atoms with Crippen molar-refractivity contribution in [3.8, 4) is 5.75 Å². The second-order valence-corrected chi connectivity index (χ2v) is 6.93. The number of benzene rings is 1. The van der Waals surface area contributed by atoms with Gasteiger partial charge in [-0.25, -0.2) is 14.4 Å². The van der Waals surface area contributed by atoms with E-state index in [0.717, 1.165) is 11.1 Å². The van der Waals surface area contributed by atoms with E-state index in [1.807, 2.05) is 23.8 Å². The molecule has 7 nitrogen and oxygen atoms in total. The Kier molecular flexibility index (Phi) is 4.82. The van der Waals surface area contributed by atoms with Crippen LogP contribution in [0.2, 0.25) is 0 Å². The molecule has 0 radical (unpaired) electrons. The Labute approximate surface area is 161 Å². The molecule has 0 bridgehead atoms. The van der Waals surface area contributed by atoms with Gasteiger partial charge in [0, 0.05) is 36.8 Å². The highest BCUT2D eigenvalue weighted by atomic mass is 19.1. The number of aliphatic hydroxyl groups excluding tert-OH is 2. The van der Waals surface area contributed by atoms with Gasteiger partial charge in [-0.1, -0.05) is 0 Å². The monoisotopic (exact) mass is 384 g/mol. The minimum Gasteiger partial charge on any atom is -0.487 e. The molecule has 0 amide bonds. The van der Waals surface area contributed by atoms with Gasteiger partial charge in [0.15, 0.2) is 0 Å². The van der Waals surface area contributed by atoms with Crippen molar-refractivity contribution < 1.29 is 19.3 Å². The summed E-state index contributed by atoms with van der Waals surface area (Å²) >= 11 is 0. The Hall–Kier alpha value is -2.84. The van der Waals surface area contributed by atoms with E-state index in [-0.39, 0.29) is 0 Å². The number of hydrogen-bond acceptors (Lipinski definition) is 6. The normalized spacial score (nSPS) is 25.0. The molecule has 2 aromatic heterocycles. The number of halogens is 1. The van der Waals surface area contributed by atoms with Gasteiger partial charge < -0.3 is 19.5 Å². The zero-order valence-corrected chi connectivity index (χ0v) is 15.5. The quantitative estimate of drug-likeness (QED) is 0.672. The molecule has 1 saturated carbocycles. The zero-order valence-electron chi connectivity index (χ0n) is 15.5. The lowest BCUT2D eigenvalue weighted by Gasteiger charge is -2.19. The van der Waals surface area contributed by atoms with Gasteiger partial charge in [0.2, 0.25) is 0 Å². The number of aryl methyl sites for hydroxylation is 1. The first-order valence-corrected chi connectivity index (χ1v) is 9.02. The summed E-state index contributed by atoms with van der Waals surface area (Å²) in [5.74, 6) is 0.000398. The van der Waals surface area contributed by atoms with Crippen LogP contribution in [0.3, 0.4) is 0 Å². The van der Waals surface area contributed by atoms with Gasteiger partial charge >= 0.3 is 0 Å². The molecule has 1 fully saturated rings. The number of rotatable bonds is 4. The third-order valence-electron chi connectivity index (χ3n) is 5.18. The van der Waals surface area contributed by atoms with Crippen LogP contribution >= 0.6 is 0 Å². The molecule has 8 heteroatoms. The molecule has 1 aliphatic rings. The first-order chi connectivity index (χ1) is 13.5. The van der Waals surface area contributed by atoms with E-state index in [4.69, 9.17) is 4.74 Å². The van der Waals surface area contributed by atoms with Crippen molar-refractivity contribution in [2.24, 2.45) is 4.99 Å². The Balaban J connectivity index is 1.63. The van der Waals surface area contributed by atoms with Gasteiger partial charge in [0.1, 0.15) is 41.9 Å². The van der Waals surface area contributed by atoms with Gasteiger partial charge in [0.25, 0.3) is 0 Å². The lowest BCUT2D eigenvalue weighted by molar-refractivity contribution is -0.0164. The predicted octanol–water partition coefficient (Wildman–Crippen LogP) is 2.04. The van der Waals surface area contributed by atoms with E-state index < -0.39 is 30.2 Å². The van der Waals surface area contributed by atoms with Gasteiger partial charge in [-0.2, -0.15) is 0 Å². The maximum absolute atomic E-state index is 13.5. The van der Waals surface area contributed by atoms with Crippen LogP contribution in [0.15, 0.2) is 41.8 Å². The molecular formula is C20H21FN4O3. The van der Waals surface area contributed by atoms with E-state index in [0.29, 0.717) is 23.4 Å². The van der Waals surface area contributed by atoms with Crippen molar-refractivity contribution in [1.29, 1.82) is 0 Å². The third kappa shape index (κ3) is 3.14. The summed E-state index contributed by atoms with van der Waals surface area (Å²) in [7, 11) is 1.58. The van der Waals surface area contributed by atoms with E-state index in [1.165, 1.54) is 30.7 Å². The number of fused-ring (bicyclic) bond motifs is 1. The molecule has 0 saturated heterocycles.